The fourth-order valence-electron chi connectivity index (χ4n) is 3.89. The second kappa shape index (κ2) is 25.7. The smallest absolute Gasteiger partial charge is 0.872 e. The van der Waals surface area contributed by atoms with Crippen molar-refractivity contribution in [2.45, 2.75) is 0 Å². The first kappa shape index (κ1) is 52.8. The van der Waals surface area contributed by atoms with Crippen LogP contribution in [0.2, 0.25) is 0 Å². The molecule has 0 spiro atoms. The van der Waals surface area contributed by atoms with Gasteiger partial charge in [-0.05, 0) is 76.9 Å². The molecule has 20 heteroatoms. The van der Waals surface area contributed by atoms with Gasteiger partial charge in [0.25, 0.3) is 0 Å². The van der Waals surface area contributed by atoms with Gasteiger partial charge in [-0.3, -0.25) is 0 Å². The van der Waals surface area contributed by atoms with Crippen LogP contribution in [0.4, 0.5) is 34.9 Å². The Hall–Kier alpha value is -2.29. The number of carboxylic acid groups (broad SMARTS) is 4. The summed E-state index contributed by atoms with van der Waals surface area (Å²) in [5.74, 6) is -7.51. The van der Waals surface area contributed by atoms with Crippen molar-refractivity contribution in [2.24, 2.45) is 0 Å². The first-order chi connectivity index (χ1) is 22.9. The number of anilines is 6. The number of benzene rings is 3. The van der Waals surface area contributed by atoms with Crippen molar-refractivity contribution < 1.29 is 192 Å². The Bertz CT molecular complexity index is 1850. The van der Waals surface area contributed by atoms with E-state index in [1.54, 1.807) is 36.4 Å². The molecule has 4 rings (SSSR count). The zero-order valence-electron chi connectivity index (χ0n) is 29.5. The topological polar surface area (TPSA) is 258 Å². The Morgan fingerprint density at radius 3 is 1.08 bits per heavy atom. The van der Waals surface area contributed by atoms with Crippen LogP contribution in [-0.2, 0) is 19.2 Å². The predicted molar refractivity (Wildman–Crippen MR) is 163 cm³/mol. The fourth-order valence-corrected chi connectivity index (χ4v) is 3.89. The van der Waals surface area contributed by atoms with Crippen LogP contribution >= 0.6 is 0 Å². The van der Waals surface area contributed by atoms with E-state index in [-0.39, 0.29) is 171 Å². The Morgan fingerprint density at radius 1 is 0.491 bits per heavy atom. The van der Waals surface area contributed by atoms with Crippen LogP contribution < -0.4 is 189 Å². The Labute approximate surface area is 413 Å². The molecule has 1 heterocycles. The van der Waals surface area contributed by atoms with E-state index in [1.807, 2.05) is 0 Å². The minimum Gasteiger partial charge on any atom is -0.872 e. The van der Waals surface area contributed by atoms with E-state index in [1.165, 1.54) is 42.5 Å². The van der Waals surface area contributed by atoms with Crippen LogP contribution in [0.1, 0.15) is 16.7 Å². The van der Waals surface area contributed by atoms with Gasteiger partial charge in [0.1, 0.15) is 0 Å². The largest absolute Gasteiger partial charge is 1.00 e. The number of carbonyl (C=O) groups is 4. The van der Waals surface area contributed by atoms with Crippen LogP contribution in [0.3, 0.4) is 0 Å². The number of aliphatic carboxylic acids is 4. The molecule has 0 amide bonds. The van der Waals surface area contributed by atoms with E-state index in [0.29, 0.717) is 28.2 Å². The molecule has 0 saturated heterocycles. The Balaban J connectivity index is 0. The standard InChI is InChI=1S/C33H26N6O9.5Na/c1-18(40)25(28(43)44)16-20-4-11-23(12-5-20)35-32-37-31(34-22-9-2-19(3-10-22)8-15-27(41)42)38-33(39-32)36-24-13-6-21(7-14-24)17-26(29(45)46)30(47)48;;;;;/h2-17,40H,1H2,(H,41,42)(H,43,44)(H,45,46)(H,47,48)(H3,34,35,36,37,38,39);;;;;/q;5*+1/p-5/b15-8+,25-16-;;;;;. The minimum absolute atomic E-state index is 0. The van der Waals surface area contributed by atoms with Crippen LogP contribution in [0.5, 0.6) is 0 Å². The van der Waals surface area contributed by atoms with Gasteiger partial charge in [-0.2, -0.15) is 15.0 Å². The van der Waals surface area contributed by atoms with Gasteiger partial charge < -0.3 is 60.7 Å². The summed E-state index contributed by atoms with van der Waals surface area (Å²) in [5, 5.41) is 64.4. The van der Waals surface area contributed by atoms with Gasteiger partial charge in [-0.15, -0.1) is 12.3 Å². The molecule has 0 aliphatic carbocycles. The predicted octanol–water partition coefficient (Wildman–Crippen LogP) is -16.2. The molecular formula is C33H21N6Na5O9. The molecule has 0 radical (unpaired) electrons. The van der Waals surface area contributed by atoms with Gasteiger partial charge in [-0.1, -0.05) is 42.5 Å². The molecule has 0 bridgehead atoms. The Kier molecular flexibility index (Phi) is 25.6. The first-order valence-corrected chi connectivity index (χ1v) is 13.6. The van der Waals surface area contributed by atoms with Crippen molar-refractivity contribution in [2.75, 3.05) is 16.0 Å². The second-order valence-corrected chi connectivity index (χ2v) is 9.60. The third-order valence-electron chi connectivity index (χ3n) is 6.13. The van der Waals surface area contributed by atoms with Crippen molar-refractivity contribution in [3.8, 4) is 0 Å². The average molecular weight is 761 g/mol. The van der Waals surface area contributed by atoms with Crippen LogP contribution in [0.15, 0.2) is 102 Å². The summed E-state index contributed by atoms with van der Waals surface area (Å²) >= 11 is 0. The molecule has 242 valence electrons. The molecule has 0 unspecified atom stereocenters. The van der Waals surface area contributed by atoms with E-state index >= 15 is 0 Å². The minimum atomic E-state index is -1.90. The summed E-state index contributed by atoms with van der Waals surface area (Å²) in [6.07, 6.45) is 4.27. The molecule has 0 atom stereocenters. The number of carbonyl (C=O) groups excluding carboxylic acids is 4. The monoisotopic (exact) mass is 760 g/mol. The number of hydrogen-bond acceptors (Lipinski definition) is 15. The van der Waals surface area contributed by atoms with E-state index in [0.717, 1.165) is 18.2 Å². The number of hydrogen-bond donors (Lipinski definition) is 3. The molecule has 0 aliphatic rings. The van der Waals surface area contributed by atoms with Gasteiger partial charge in [0.05, 0.1) is 23.9 Å². The fraction of sp³-hybridized carbons (Fsp3) is 0. The zero-order valence-corrected chi connectivity index (χ0v) is 39.5. The van der Waals surface area contributed by atoms with Gasteiger partial charge in [0.15, 0.2) is 0 Å². The van der Waals surface area contributed by atoms with Crippen LogP contribution in [0.25, 0.3) is 18.2 Å². The third-order valence-corrected chi connectivity index (χ3v) is 6.13. The van der Waals surface area contributed by atoms with E-state index < -0.39 is 40.8 Å². The van der Waals surface area contributed by atoms with Crippen LogP contribution in [-0.4, -0.2) is 38.8 Å². The van der Waals surface area contributed by atoms with Gasteiger partial charge in [0, 0.05) is 22.6 Å². The number of nitrogens with zero attached hydrogens (tertiary/aromatic N) is 3. The van der Waals surface area contributed by atoms with Gasteiger partial charge in [-0.25, -0.2) is 0 Å². The number of rotatable bonds is 14. The molecule has 0 fully saturated rings. The first-order valence-electron chi connectivity index (χ1n) is 13.6. The maximum absolute atomic E-state index is 11.5. The molecule has 15 nitrogen and oxygen atoms in total. The van der Waals surface area contributed by atoms with Crippen molar-refractivity contribution in [3.05, 3.63) is 119 Å². The maximum atomic E-state index is 11.5. The zero-order chi connectivity index (χ0) is 34.8. The number of nitrogens with one attached hydrogen (secondary N) is 3. The van der Waals surface area contributed by atoms with Crippen molar-refractivity contribution in [3.63, 3.8) is 0 Å². The average Bonchev–Trinajstić information content (AvgIpc) is 3.03. The quantitative estimate of drug-likeness (QED) is 0.0269. The van der Waals surface area contributed by atoms with E-state index in [9.17, 15) is 44.7 Å². The third kappa shape index (κ3) is 17.4. The van der Waals surface area contributed by atoms with Crippen molar-refractivity contribution in [1.82, 2.24) is 15.0 Å². The van der Waals surface area contributed by atoms with E-state index in [2.05, 4.69) is 37.5 Å². The SMILES string of the molecule is C=C([O-])/C(=C/c1ccc(Nc2nc(Nc3ccc(C=C(C(=O)[O-])C(=O)[O-])cc3)nc(Nc3ccc(/C=C/C(=O)[O-])cc3)n2)cc1)C(=O)[O-].[Na+].[Na+].[Na+].[Na+].[Na+]. The number of aromatic nitrogens is 3. The molecule has 0 saturated carbocycles. The van der Waals surface area contributed by atoms with Gasteiger partial charge in [0.2, 0.25) is 17.8 Å². The van der Waals surface area contributed by atoms with Gasteiger partial charge >= 0.3 is 148 Å². The van der Waals surface area contributed by atoms with E-state index in [4.69, 9.17) is 0 Å². The molecule has 0 aliphatic heterocycles. The van der Waals surface area contributed by atoms with Crippen molar-refractivity contribution in [1.29, 1.82) is 0 Å². The summed E-state index contributed by atoms with van der Waals surface area (Å²) in [7, 11) is 0. The summed E-state index contributed by atoms with van der Waals surface area (Å²) in [5.41, 5.74) is 1.06. The normalized spacial score (nSPS) is 9.92. The number of carboxylic acids is 4. The molecule has 4 aromatic rings. The molecule has 3 N–H and O–H groups in total. The summed E-state index contributed by atoms with van der Waals surface area (Å²) < 4.78 is 0. The maximum Gasteiger partial charge on any atom is 1.00 e. The summed E-state index contributed by atoms with van der Waals surface area (Å²) in [6, 6.07) is 18.7. The molecule has 1 aromatic heterocycles. The second-order valence-electron chi connectivity index (χ2n) is 9.60. The van der Waals surface area contributed by atoms with Crippen molar-refractivity contribution >= 4 is 77.0 Å². The molecular weight excluding hydrogens is 739 g/mol. The van der Waals surface area contributed by atoms with Crippen LogP contribution in [0, 0.1) is 0 Å². The molecule has 53 heavy (non-hydrogen) atoms. The summed E-state index contributed by atoms with van der Waals surface area (Å²) in [4.78, 5) is 57.1. The Morgan fingerprint density at radius 2 is 0.792 bits per heavy atom. The summed E-state index contributed by atoms with van der Waals surface area (Å²) in [6.45, 7) is 3.10. The molecule has 3 aromatic carbocycles.